The molecule has 0 saturated heterocycles. The first kappa shape index (κ1) is 7.18. The largest absolute Gasteiger partial charge is 0.394 e. The maximum Gasteiger partial charge on any atom is 0.0614 e. The van der Waals surface area contributed by atoms with Gasteiger partial charge in [-0.1, -0.05) is 6.08 Å². The summed E-state index contributed by atoms with van der Waals surface area (Å²) in [4.78, 5) is 0. The summed E-state index contributed by atoms with van der Waals surface area (Å²) in [5.74, 6) is 1.19. The van der Waals surface area contributed by atoms with E-state index in [4.69, 9.17) is 5.73 Å². The summed E-state index contributed by atoms with van der Waals surface area (Å²) in [6, 6.07) is 0. The second kappa shape index (κ2) is 3.22. The van der Waals surface area contributed by atoms with Crippen LogP contribution in [0.3, 0.4) is 0 Å². The van der Waals surface area contributed by atoms with Crippen molar-refractivity contribution < 1.29 is 0 Å². The van der Waals surface area contributed by atoms with Crippen molar-refractivity contribution in [3.63, 3.8) is 0 Å². The number of hydrogen-bond acceptors (Lipinski definition) is 2. The number of allylic oxidation sites excluding steroid dienone is 1. The highest BCUT2D eigenvalue weighted by Gasteiger charge is 1.96. The zero-order valence-corrected chi connectivity index (χ0v) is 5.52. The highest BCUT2D eigenvalue weighted by molar-refractivity contribution is 8.03. The van der Waals surface area contributed by atoms with Crippen LogP contribution in [0, 0.1) is 0 Å². The van der Waals surface area contributed by atoms with Crippen LogP contribution in [0.15, 0.2) is 11.1 Å². The molecule has 0 aromatic carbocycles. The Labute approximate surface area is 53.8 Å². The molecule has 42 valence electrons. The quantitative estimate of drug-likeness (QED) is 0.546. The van der Waals surface area contributed by atoms with E-state index in [1.54, 1.807) is 11.8 Å². The van der Waals surface area contributed by atoms with E-state index in [-0.39, 0.29) is 12.4 Å². The highest BCUT2D eigenvalue weighted by Crippen LogP contribution is 2.18. The van der Waals surface area contributed by atoms with Crippen molar-refractivity contribution in [1.29, 1.82) is 0 Å². The Morgan fingerprint density at radius 1 is 1.71 bits per heavy atom. The molecule has 0 unspecified atom stereocenters. The van der Waals surface area contributed by atoms with Crippen LogP contribution in [0.4, 0.5) is 0 Å². The maximum absolute atomic E-state index is 5.36. The van der Waals surface area contributed by atoms with Crippen LogP contribution in [0.1, 0.15) is 6.42 Å². The van der Waals surface area contributed by atoms with Crippen LogP contribution in [-0.4, -0.2) is 5.75 Å². The molecule has 0 fully saturated rings. The van der Waals surface area contributed by atoms with Gasteiger partial charge in [0.2, 0.25) is 0 Å². The molecule has 0 aromatic rings. The molecule has 0 spiro atoms. The smallest absolute Gasteiger partial charge is 0.0614 e. The minimum absolute atomic E-state index is 0. The van der Waals surface area contributed by atoms with Gasteiger partial charge in [0.15, 0.2) is 0 Å². The molecule has 7 heavy (non-hydrogen) atoms. The van der Waals surface area contributed by atoms with E-state index >= 15 is 0 Å². The lowest BCUT2D eigenvalue weighted by molar-refractivity contribution is 1.26. The Balaban J connectivity index is 0.000000360. The van der Waals surface area contributed by atoms with Gasteiger partial charge in [0.05, 0.1) is 5.03 Å². The fraction of sp³-hybridized carbons (Fsp3) is 0.500. The minimum atomic E-state index is 0. The normalized spacial score (nSPS) is 18.0. The van der Waals surface area contributed by atoms with Crippen molar-refractivity contribution in [2.45, 2.75) is 6.42 Å². The predicted octanol–water partition coefficient (Wildman–Crippen LogP) is 1.35. The molecule has 0 saturated carbocycles. The predicted molar refractivity (Wildman–Crippen MR) is 36.6 cm³/mol. The molecule has 1 aliphatic rings. The van der Waals surface area contributed by atoms with Crippen LogP contribution < -0.4 is 5.73 Å². The van der Waals surface area contributed by atoms with E-state index in [0.29, 0.717) is 0 Å². The molecule has 1 aliphatic heterocycles. The van der Waals surface area contributed by atoms with E-state index in [2.05, 4.69) is 6.08 Å². The number of halogens is 1. The fourth-order valence-corrected chi connectivity index (χ4v) is 1.14. The SMILES string of the molecule is Cl.NC1=CCCS1. The van der Waals surface area contributed by atoms with Gasteiger partial charge in [0, 0.05) is 5.75 Å². The first-order valence-electron chi connectivity index (χ1n) is 1.98. The maximum atomic E-state index is 5.36. The zero-order valence-electron chi connectivity index (χ0n) is 3.89. The van der Waals surface area contributed by atoms with Crippen molar-refractivity contribution in [3.05, 3.63) is 11.1 Å². The minimum Gasteiger partial charge on any atom is -0.394 e. The third-order valence-corrected chi connectivity index (χ3v) is 1.67. The molecule has 0 atom stereocenters. The van der Waals surface area contributed by atoms with E-state index < -0.39 is 0 Å². The first-order valence-corrected chi connectivity index (χ1v) is 2.96. The van der Waals surface area contributed by atoms with Crippen molar-refractivity contribution in [2.75, 3.05) is 5.75 Å². The van der Waals surface area contributed by atoms with Gasteiger partial charge >= 0.3 is 0 Å². The Morgan fingerprint density at radius 3 is 2.57 bits per heavy atom. The summed E-state index contributed by atoms with van der Waals surface area (Å²) in [5.41, 5.74) is 5.36. The second-order valence-electron chi connectivity index (χ2n) is 1.24. The van der Waals surface area contributed by atoms with Crippen LogP contribution >= 0.6 is 24.2 Å². The lowest BCUT2D eigenvalue weighted by atomic mass is 10.5. The first-order chi connectivity index (χ1) is 2.89. The number of nitrogens with two attached hydrogens (primary N) is 1. The van der Waals surface area contributed by atoms with Gasteiger partial charge < -0.3 is 5.73 Å². The number of hydrogen-bond donors (Lipinski definition) is 1. The van der Waals surface area contributed by atoms with Gasteiger partial charge in [-0.2, -0.15) is 0 Å². The van der Waals surface area contributed by atoms with E-state index in [1.165, 1.54) is 5.75 Å². The molecular formula is C4H8ClNS. The molecular weight excluding hydrogens is 130 g/mol. The third-order valence-electron chi connectivity index (χ3n) is 0.732. The number of rotatable bonds is 0. The molecule has 1 rings (SSSR count). The van der Waals surface area contributed by atoms with Gasteiger partial charge in [-0.05, 0) is 6.42 Å². The molecule has 0 radical (unpaired) electrons. The van der Waals surface area contributed by atoms with Crippen molar-refractivity contribution in [3.8, 4) is 0 Å². The van der Waals surface area contributed by atoms with Crippen LogP contribution in [0.5, 0.6) is 0 Å². The summed E-state index contributed by atoms with van der Waals surface area (Å²) in [6.45, 7) is 0. The van der Waals surface area contributed by atoms with Crippen LogP contribution in [0.25, 0.3) is 0 Å². The Morgan fingerprint density at radius 2 is 2.43 bits per heavy atom. The van der Waals surface area contributed by atoms with Crippen LogP contribution in [-0.2, 0) is 0 Å². The van der Waals surface area contributed by atoms with Crippen molar-refractivity contribution in [1.82, 2.24) is 0 Å². The third kappa shape index (κ3) is 2.09. The summed E-state index contributed by atoms with van der Waals surface area (Å²) in [5, 5.41) is 0.995. The Bertz CT molecular complexity index is 81.8. The van der Waals surface area contributed by atoms with Crippen molar-refractivity contribution >= 4 is 24.2 Å². The van der Waals surface area contributed by atoms with E-state index in [0.717, 1.165) is 11.4 Å². The Hall–Kier alpha value is 0.180. The molecule has 2 N–H and O–H groups in total. The number of thioether (sulfide) groups is 1. The average Bonchev–Trinajstić information content (AvgIpc) is 1.86. The average molecular weight is 138 g/mol. The second-order valence-corrected chi connectivity index (χ2v) is 2.41. The standard InChI is InChI=1S/C4H7NS.ClH/c5-4-2-1-3-6-4;/h2H,1,3,5H2;1H. The van der Waals surface area contributed by atoms with Gasteiger partial charge in [-0.3, -0.25) is 0 Å². The highest BCUT2D eigenvalue weighted by atomic mass is 35.5. The van der Waals surface area contributed by atoms with Gasteiger partial charge in [0.25, 0.3) is 0 Å². The molecule has 1 heterocycles. The fourth-order valence-electron chi connectivity index (χ4n) is 0.437. The summed E-state index contributed by atoms with van der Waals surface area (Å²) < 4.78 is 0. The van der Waals surface area contributed by atoms with Gasteiger partial charge in [-0.25, -0.2) is 0 Å². The monoisotopic (exact) mass is 137 g/mol. The molecule has 0 aromatic heterocycles. The lowest BCUT2D eigenvalue weighted by Crippen LogP contribution is -1.84. The molecule has 3 heteroatoms. The van der Waals surface area contributed by atoms with Crippen LogP contribution in [0.2, 0.25) is 0 Å². The van der Waals surface area contributed by atoms with Crippen molar-refractivity contribution in [2.24, 2.45) is 5.73 Å². The lowest BCUT2D eigenvalue weighted by Gasteiger charge is -1.81. The topological polar surface area (TPSA) is 26.0 Å². The molecule has 0 bridgehead atoms. The molecule has 0 amide bonds. The van der Waals surface area contributed by atoms with Gasteiger partial charge in [0.1, 0.15) is 0 Å². The zero-order chi connectivity index (χ0) is 4.41. The van der Waals surface area contributed by atoms with E-state index in [1.807, 2.05) is 0 Å². The van der Waals surface area contributed by atoms with Gasteiger partial charge in [-0.15, -0.1) is 24.2 Å². The summed E-state index contributed by atoms with van der Waals surface area (Å²) in [7, 11) is 0. The summed E-state index contributed by atoms with van der Waals surface area (Å²) >= 11 is 1.74. The summed E-state index contributed by atoms with van der Waals surface area (Å²) in [6.07, 6.45) is 3.22. The van der Waals surface area contributed by atoms with E-state index in [9.17, 15) is 0 Å². The Kier molecular flexibility index (Phi) is 3.30. The molecule has 0 aliphatic carbocycles. The molecule has 1 nitrogen and oxygen atoms in total.